The fraction of sp³-hybridized carbons (Fsp3) is 0.0526. The Balaban J connectivity index is 2.42. The minimum absolute atomic E-state index is 1.07. The summed E-state index contributed by atoms with van der Waals surface area (Å²) in [6.45, 7) is 5.99. The molecule has 0 unspecified atom stereocenters. The summed E-state index contributed by atoms with van der Waals surface area (Å²) >= 11 is 3.65. The third kappa shape index (κ3) is 2.36. The molecule has 0 radical (unpaired) electrons. The monoisotopic (exact) mass is 337 g/mol. The van der Waals surface area contributed by atoms with Crippen molar-refractivity contribution in [3.63, 3.8) is 0 Å². The molecule has 0 saturated heterocycles. The quantitative estimate of drug-likeness (QED) is 0.546. The number of nitrogens with zero attached hydrogens (tertiary/aromatic N) is 1. The van der Waals surface area contributed by atoms with E-state index in [-0.39, 0.29) is 0 Å². The maximum absolute atomic E-state index is 3.96. The van der Waals surface area contributed by atoms with Crippen LogP contribution >= 0.6 is 15.9 Å². The maximum Gasteiger partial charge on any atom is 0.0607 e. The minimum Gasteiger partial charge on any atom is -0.316 e. The molecular weight excluding hydrogens is 322 g/mol. The molecule has 1 nitrogen and oxygen atoms in total. The van der Waals surface area contributed by atoms with Crippen molar-refractivity contribution in [3.8, 4) is 5.69 Å². The van der Waals surface area contributed by atoms with Crippen molar-refractivity contribution in [2.75, 3.05) is 0 Å². The van der Waals surface area contributed by atoms with E-state index in [0.29, 0.717) is 0 Å². The van der Waals surface area contributed by atoms with Gasteiger partial charge >= 0.3 is 0 Å². The average molecular weight is 338 g/mol. The summed E-state index contributed by atoms with van der Waals surface area (Å²) in [5.74, 6) is 0. The van der Waals surface area contributed by atoms with E-state index in [1.165, 1.54) is 16.5 Å². The lowest BCUT2D eigenvalue weighted by atomic mass is 10.0. The van der Waals surface area contributed by atoms with E-state index in [1.807, 2.05) is 19.1 Å². The van der Waals surface area contributed by atoms with Gasteiger partial charge in [-0.25, -0.2) is 0 Å². The highest BCUT2D eigenvalue weighted by atomic mass is 79.9. The van der Waals surface area contributed by atoms with Crippen LogP contribution in [0.1, 0.15) is 18.1 Å². The van der Waals surface area contributed by atoms with Crippen molar-refractivity contribution in [3.05, 3.63) is 76.9 Å². The number of hydrogen-bond acceptors (Lipinski definition) is 0. The van der Waals surface area contributed by atoms with Crippen molar-refractivity contribution in [1.82, 2.24) is 4.57 Å². The van der Waals surface area contributed by atoms with Crippen LogP contribution in [-0.2, 0) is 0 Å². The Morgan fingerprint density at radius 2 is 1.86 bits per heavy atom. The zero-order valence-corrected chi connectivity index (χ0v) is 13.5. The summed E-state index contributed by atoms with van der Waals surface area (Å²) in [5.41, 5.74) is 4.68. The zero-order valence-electron chi connectivity index (χ0n) is 11.9. The van der Waals surface area contributed by atoms with Crippen molar-refractivity contribution in [1.29, 1.82) is 0 Å². The highest BCUT2D eigenvalue weighted by Gasteiger charge is 2.12. The van der Waals surface area contributed by atoms with Gasteiger partial charge in [-0.15, -0.1) is 0 Å². The second kappa shape index (κ2) is 5.74. The standard InChI is InChI=1S/C19H16BrN/c1-3-8-17-16(4-2)18(20)13-14-11-12-21(19(14)17)15-9-6-5-7-10-15/h3-13H,2H2,1H3/b8-3-. The van der Waals surface area contributed by atoms with Crippen LogP contribution < -0.4 is 0 Å². The van der Waals surface area contributed by atoms with Crippen LogP contribution in [0.15, 0.2) is 65.8 Å². The van der Waals surface area contributed by atoms with E-state index in [2.05, 4.69) is 81.8 Å². The summed E-state index contributed by atoms with van der Waals surface area (Å²) in [4.78, 5) is 0. The van der Waals surface area contributed by atoms with Gasteiger partial charge in [-0.05, 0) is 36.8 Å². The molecule has 1 heterocycles. The number of benzene rings is 2. The molecule has 0 bridgehead atoms. The lowest BCUT2D eigenvalue weighted by Crippen LogP contribution is -1.95. The van der Waals surface area contributed by atoms with Crippen LogP contribution in [0.5, 0.6) is 0 Å². The highest BCUT2D eigenvalue weighted by Crippen LogP contribution is 2.33. The lowest BCUT2D eigenvalue weighted by Gasteiger charge is -2.12. The smallest absolute Gasteiger partial charge is 0.0607 e. The molecule has 0 saturated carbocycles. The molecule has 21 heavy (non-hydrogen) atoms. The van der Waals surface area contributed by atoms with Gasteiger partial charge in [-0.1, -0.05) is 58.9 Å². The normalized spacial score (nSPS) is 11.3. The van der Waals surface area contributed by atoms with Crippen LogP contribution in [-0.4, -0.2) is 4.57 Å². The van der Waals surface area contributed by atoms with Crippen LogP contribution in [0.4, 0.5) is 0 Å². The zero-order chi connectivity index (χ0) is 14.8. The number of allylic oxidation sites excluding steroid dienone is 1. The SMILES string of the molecule is C=Cc1c(Br)cc2ccn(-c3ccccc3)c2c1/C=C\C. The van der Waals surface area contributed by atoms with Gasteiger partial charge in [0.2, 0.25) is 0 Å². The predicted molar refractivity (Wildman–Crippen MR) is 95.8 cm³/mol. The summed E-state index contributed by atoms with van der Waals surface area (Å²) in [7, 11) is 0. The molecule has 0 spiro atoms. The number of rotatable bonds is 3. The molecule has 0 aliphatic heterocycles. The molecule has 2 aromatic carbocycles. The number of aromatic nitrogens is 1. The maximum atomic E-state index is 3.96. The van der Waals surface area contributed by atoms with E-state index in [0.717, 1.165) is 15.7 Å². The fourth-order valence-corrected chi connectivity index (χ4v) is 3.29. The predicted octanol–water partition coefficient (Wildman–Crippen LogP) is 6.07. The second-order valence-electron chi connectivity index (χ2n) is 4.85. The van der Waals surface area contributed by atoms with Gasteiger partial charge in [0, 0.05) is 27.3 Å². The average Bonchev–Trinajstić information content (AvgIpc) is 2.92. The van der Waals surface area contributed by atoms with Gasteiger partial charge < -0.3 is 4.57 Å². The van der Waals surface area contributed by atoms with Gasteiger partial charge in [0.1, 0.15) is 0 Å². The minimum atomic E-state index is 1.07. The number of para-hydroxylation sites is 1. The van der Waals surface area contributed by atoms with Gasteiger partial charge in [-0.2, -0.15) is 0 Å². The first-order chi connectivity index (χ1) is 10.3. The number of fused-ring (bicyclic) bond motifs is 1. The Kier molecular flexibility index (Phi) is 3.80. The van der Waals surface area contributed by atoms with E-state index in [4.69, 9.17) is 0 Å². The topological polar surface area (TPSA) is 4.93 Å². The Labute approximate surface area is 133 Å². The van der Waals surface area contributed by atoms with Crippen LogP contribution in [0, 0.1) is 0 Å². The molecule has 0 amide bonds. The molecule has 0 atom stereocenters. The number of halogens is 1. The molecule has 3 rings (SSSR count). The molecule has 0 aliphatic rings. The Morgan fingerprint density at radius 1 is 1.10 bits per heavy atom. The molecule has 1 aromatic heterocycles. The molecule has 3 aromatic rings. The van der Waals surface area contributed by atoms with E-state index < -0.39 is 0 Å². The summed E-state index contributed by atoms with van der Waals surface area (Å²) in [6.07, 6.45) is 8.23. The number of hydrogen-bond donors (Lipinski definition) is 0. The molecule has 0 N–H and O–H groups in total. The first-order valence-corrected chi connectivity index (χ1v) is 7.69. The van der Waals surface area contributed by atoms with E-state index in [9.17, 15) is 0 Å². The third-order valence-electron chi connectivity index (χ3n) is 3.57. The summed E-state index contributed by atoms with van der Waals surface area (Å²) in [6, 6.07) is 14.7. The Hall–Kier alpha value is -2.06. The molecule has 2 heteroatoms. The summed E-state index contributed by atoms with van der Waals surface area (Å²) < 4.78 is 3.30. The van der Waals surface area contributed by atoms with Crippen molar-refractivity contribution >= 4 is 39.0 Å². The van der Waals surface area contributed by atoms with Gasteiger partial charge in [-0.3, -0.25) is 0 Å². The second-order valence-corrected chi connectivity index (χ2v) is 5.70. The highest BCUT2D eigenvalue weighted by molar-refractivity contribution is 9.10. The van der Waals surface area contributed by atoms with Crippen LogP contribution in [0.25, 0.3) is 28.7 Å². The fourth-order valence-electron chi connectivity index (χ4n) is 2.67. The van der Waals surface area contributed by atoms with Crippen molar-refractivity contribution in [2.24, 2.45) is 0 Å². The van der Waals surface area contributed by atoms with Gasteiger partial charge in [0.25, 0.3) is 0 Å². The van der Waals surface area contributed by atoms with Gasteiger partial charge in [0.15, 0.2) is 0 Å². The lowest BCUT2D eigenvalue weighted by molar-refractivity contribution is 1.12. The summed E-state index contributed by atoms with van der Waals surface area (Å²) in [5, 5.41) is 1.21. The Morgan fingerprint density at radius 3 is 2.52 bits per heavy atom. The Bertz CT molecular complexity index is 826. The van der Waals surface area contributed by atoms with E-state index >= 15 is 0 Å². The molecular formula is C19H16BrN. The largest absolute Gasteiger partial charge is 0.316 e. The van der Waals surface area contributed by atoms with Crippen molar-refractivity contribution in [2.45, 2.75) is 6.92 Å². The first kappa shape index (κ1) is 13.9. The molecule has 0 aliphatic carbocycles. The first-order valence-electron chi connectivity index (χ1n) is 6.90. The molecule has 0 fully saturated rings. The van der Waals surface area contributed by atoms with Crippen LogP contribution in [0.2, 0.25) is 0 Å². The third-order valence-corrected chi connectivity index (χ3v) is 4.23. The van der Waals surface area contributed by atoms with Crippen molar-refractivity contribution < 1.29 is 0 Å². The van der Waals surface area contributed by atoms with Gasteiger partial charge in [0.05, 0.1) is 5.52 Å². The van der Waals surface area contributed by atoms with E-state index in [1.54, 1.807) is 0 Å². The van der Waals surface area contributed by atoms with Crippen LogP contribution in [0.3, 0.4) is 0 Å². The molecule has 104 valence electrons.